The third-order valence-corrected chi connectivity index (χ3v) is 3.00. The SMILES string of the molecule is CCC(CNC(=O)c1ccc([N+](=O)[O-])c(F)c1)CC(=O)O. The molecule has 0 fully saturated rings. The number of carboxylic acid groups (broad SMARTS) is 1. The molecule has 1 aromatic rings. The molecule has 0 aliphatic rings. The minimum Gasteiger partial charge on any atom is -0.481 e. The highest BCUT2D eigenvalue weighted by Crippen LogP contribution is 2.18. The second-order valence-corrected chi connectivity index (χ2v) is 4.51. The van der Waals surface area contributed by atoms with Crippen molar-refractivity contribution in [2.75, 3.05) is 6.54 Å². The number of hydrogen-bond donors (Lipinski definition) is 2. The van der Waals surface area contributed by atoms with Crippen molar-refractivity contribution >= 4 is 17.6 Å². The van der Waals surface area contributed by atoms with Crippen LogP contribution >= 0.6 is 0 Å². The molecular formula is C13H15FN2O5. The van der Waals surface area contributed by atoms with Crippen molar-refractivity contribution in [3.63, 3.8) is 0 Å². The molecule has 7 nitrogen and oxygen atoms in total. The molecule has 1 unspecified atom stereocenters. The topological polar surface area (TPSA) is 110 Å². The van der Waals surface area contributed by atoms with Crippen molar-refractivity contribution in [2.45, 2.75) is 19.8 Å². The average Bonchev–Trinajstić information content (AvgIpc) is 2.42. The first kappa shape index (κ1) is 16.5. The number of halogens is 1. The molecule has 0 saturated carbocycles. The smallest absolute Gasteiger partial charge is 0.304 e. The molecule has 0 aliphatic carbocycles. The number of hydrogen-bond acceptors (Lipinski definition) is 4. The van der Waals surface area contributed by atoms with Crippen molar-refractivity contribution in [3.05, 3.63) is 39.7 Å². The highest BCUT2D eigenvalue weighted by Gasteiger charge is 2.18. The molecule has 0 saturated heterocycles. The van der Waals surface area contributed by atoms with Gasteiger partial charge in [-0.3, -0.25) is 19.7 Å². The number of benzene rings is 1. The van der Waals surface area contributed by atoms with Crippen LogP contribution in [0.3, 0.4) is 0 Å². The monoisotopic (exact) mass is 298 g/mol. The highest BCUT2D eigenvalue weighted by molar-refractivity contribution is 5.94. The summed E-state index contributed by atoms with van der Waals surface area (Å²) in [6.45, 7) is 1.94. The molecule has 0 aromatic heterocycles. The van der Waals surface area contributed by atoms with E-state index in [2.05, 4.69) is 5.32 Å². The van der Waals surface area contributed by atoms with Crippen LogP contribution in [0.25, 0.3) is 0 Å². The predicted molar refractivity (Wildman–Crippen MR) is 71.4 cm³/mol. The van der Waals surface area contributed by atoms with Gasteiger partial charge in [0, 0.05) is 24.6 Å². The van der Waals surface area contributed by atoms with Crippen LogP contribution in [-0.4, -0.2) is 28.5 Å². The molecule has 0 aliphatic heterocycles. The summed E-state index contributed by atoms with van der Waals surface area (Å²) in [7, 11) is 0. The Labute approximate surface area is 119 Å². The standard InChI is InChI=1S/C13H15FN2O5/c1-2-8(5-12(17)18)7-15-13(19)9-3-4-11(16(20)21)10(14)6-9/h3-4,6,8H,2,5,7H2,1H3,(H,15,19)(H,17,18). The summed E-state index contributed by atoms with van der Waals surface area (Å²) in [6, 6.07) is 2.85. The van der Waals surface area contributed by atoms with E-state index in [1.54, 1.807) is 6.92 Å². The number of carboxylic acids is 1. The second-order valence-electron chi connectivity index (χ2n) is 4.51. The quantitative estimate of drug-likeness (QED) is 0.590. The Bertz CT molecular complexity index is 561. The fourth-order valence-electron chi connectivity index (χ4n) is 1.74. The van der Waals surface area contributed by atoms with Gasteiger partial charge in [-0.15, -0.1) is 0 Å². The maximum Gasteiger partial charge on any atom is 0.304 e. The number of nitro benzene ring substituents is 1. The summed E-state index contributed by atoms with van der Waals surface area (Å²) in [5.74, 6) is -2.88. The molecule has 1 atom stereocenters. The van der Waals surface area contributed by atoms with E-state index in [-0.39, 0.29) is 24.4 Å². The van der Waals surface area contributed by atoms with Crippen LogP contribution in [0.5, 0.6) is 0 Å². The third-order valence-electron chi connectivity index (χ3n) is 3.00. The van der Waals surface area contributed by atoms with Crippen LogP contribution in [0.1, 0.15) is 30.1 Å². The summed E-state index contributed by atoms with van der Waals surface area (Å²) in [6.07, 6.45) is 0.493. The fourth-order valence-corrected chi connectivity index (χ4v) is 1.74. The van der Waals surface area contributed by atoms with E-state index >= 15 is 0 Å². The molecule has 0 radical (unpaired) electrons. The Morgan fingerprint density at radius 1 is 1.48 bits per heavy atom. The molecule has 1 rings (SSSR count). The molecule has 2 N–H and O–H groups in total. The van der Waals surface area contributed by atoms with Gasteiger partial charge in [0.05, 0.1) is 4.92 Å². The maximum absolute atomic E-state index is 13.4. The van der Waals surface area contributed by atoms with Gasteiger partial charge in [0.25, 0.3) is 5.91 Å². The largest absolute Gasteiger partial charge is 0.481 e. The van der Waals surface area contributed by atoms with Gasteiger partial charge in [-0.05, 0) is 18.1 Å². The number of nitro groups is 1. The van der Waals surface area contributed by atoms with Crippen molar-refractivity contribution < 1.29 is 24.0 Å². The number of nitrogens with zero attached hydrogens (tertiary/aromatic N) is 1. The molecule has 0 spiro atoms. The van der Waals surface area contributed by atoms with Crippen molar-refractivity contribution in [2.24, 2.45) is 5.92 Å². The van der Waals surface area contributed by atoms with Gasteiger partial charge < -0.3 is 10.4 Å². The Morgan fingerprint density at radius 2 is 2.14 bits per heavy atom. The number of aliphatic carboxylic acids is 1. The summed E-state index contributed by atoms with van der Waals surface area (Å²) >= 11 is 0. The van der Waals surface area contributed by atoms with Crippen molar-refractivity contribution in [1.82, 2.24) is 5.32 Å². The maximum atomic E-state index is 13.4. The minimum absolute atomic E-state index is 0.0525. The van der Waals surface area contributed by atoms with Crippen LogP contribution in [-0.2, 0) is 4.79 Å². The van der Waals surface area contributed by atoms with Crippen LogP contribution in [0.4, 0.5) is 10.1 Å². The lowest BCUT2D eigenvalue weighted by Crippen LogP contribution is -2.30. The Hall–Kier alpha value is -2.51. The average molecular weight is 298 g/mol. The van der Waals surface area contributed by atoms with E-state index in [9.17, 15) is 24.1 Å². The molecule has 0 heterocycles. The summed E-state index contributed by atoms with van der Waals surface area (Å²) in [4.78, 5) is 32.0. The summed E-state index contributed by atoms with van der Waals surface area (Å²) < 4.78 is 13.4. The third kappa shape index (κ3) is 4.83. The molecule has 21 heavy (non-hydrogen) atoms. The van der Waals surface area contributed by atoms with E-state index in [1.165, 1.54) is 0 Å². The Morgan fingerprint density at radius 3 is 2.62 bits per heavy atom. The van der Waals surface area contributed by atoms with Gasteiger partial charge in [-0.25, -0.2) is 0 Å². The lowest BCUT2D eigenvalue weighted by Gasteiger charge is -2.13. The molecule has 114 valence electrons. The van der Waals surface area contributed by atoms with E-state index in [0.717, 1.165) is 18.2 Å². The predicted octanol–water partition coefficient (Wildman–Crippen LogP) is 1.96. The van der Waals surface area contributed by atoms with Gasteiger partial charge in [-0.1, -0.05) is 13.3 Å². The van der Waals surface area contributed by atoms with E-state index in [1.807, 2.05) is 0 Å². The first-order chi connectivity index (χ1) is 9.85. The van der Waals surface area contributed by atoms with Gasteiger partial charge in [0.1, 0.15) is 0 Å². The van der Waals surface area contributed by atoms with E-state index in [4.69, 9.17) is 5.11 Å². The number of nitrogens with one attached hydrogen (secondary N) is 1. The van der Waals surface area contributed by atoms with Crippen LogP contribution in [0.15, 0.2) is 18.2 Å². The van der Waals surface area contributed by atoms with Crippen LogP contribution < -0.4 is 5.32 Å². The number of carbonyl (C=O) groups is 2. The van der Waals surface area contributed by atoms with Gasteiger partial charge in [0.15, 0.2) is 0 Å². The minimum atomic E-state index is -1.09. The highest BCUT2D eigenvalue weighted by atomic mass is 19.1. The number of rotatable bonds is 7. The zero-order chi connectivity index (χ0) is 16.0. The van der Waals surface area contributed by atoms with Crippen LogP contribution in [0.2, 0.25) is 0 Å². The normalized spacial score (nSPS) is 11.7. The number of carbonyl (C=O) groups excluding carboxylic acids is 1. The zero-order valence-electron chi connectivity index (χ0n) is 11.3. The molecule has 8 heteroatoms. The zero-order valence-corrected chi connectivity index (χ0v) is 11.3. The summed E-state index contributed by atoms with van der Waals surface area (Å²) in [5, 5.41) is 21.7. The van der Waals surface area contributed by atoms with Crippen molar-refractivity contribution in [3.8, 4) is 0 Å². The van der Waals surface area contributed by atoms with E-state index in [0.29, 0.717) is 6.42 Å². The lowest BCUT2D eigenvalue weighted by molar-refractivity contribution is -0.387. The second kappa shape index (κ2) is 7.32. The molecular weight excluding hydrogens is 283 g/mol. The fraction of sp³-hybridized carbons (Fsp3) is 0.385. The van der Waals surface area contributed by atoms with Gasteiger partial charge in [0.2, 0.25) is 5.82 Å². The first-order valence-electron chi connectivity index (χ1n) is 6.29. The Balaban J connectivity index is 2.69. The molecule has 0 bridgehead atoms. The Kier molecular flexibility index (Phi) is 5.77. The van der Waals surface area contributed by atoms with Crippen LogP contribution in [0, 0.1) is 21.8 Å². The summed E-state index contributed by atoms with van der Waals surface area (Å²) in [5.41, 5.74) is -0.757. The number of amides is 1. The molecule has 1 aromatic carbocycles. The lowest BCUT2D eigenvalue weighted by atomic mass is 10.0. The molecule has 1 amide bonds. The van der Waals surface area contributed by atoms with Gasteiger partial charge in [-0.2, -0.15) is 4.39 Å². The van der Waals surface area contributed by atoms with E-state index < -0.39 is 28.3 Å². The van der Waals surface area contributed by atoms with Crippen molar-refractivity contribution in [1.29, 1.82) is 0 Å². The van der Waals surface area contributed by atoms with Gasteiger partial charge >= 0.3 is 11.7 Å². The first-order valence-corrected chi connectivity index (χ1v) is 6.29.